The van der Waals surface area contributed by atoms with E-state index < -0.39 is 5.92 Å². The van der Waals surface area contributed by atoms with Crippen LogP contribution in [0, 0.1) is 11.7 Å². The standard InChI is InChI=1S/C21H22FN3O2/c22-16-3-5-17(6-4-16)23-21(27)15-13-20(26)25(14-15)19-9-7-18(8-10-19)24-11-1-2-12-24/h3-10,15H,1-2,11-14H2,(H,23,27). The molecule has 140 valence electrons. The van der Waals surface area contributed by atoms with Gasteiger partial charge in [0, 0.05) is 43.1 Å². The quantitative estimate of drug-likeness (QED) is 0.901. The molecule has 27 heavy (non-hydrogen) atoms. The smallest absolute Gasteiger partial charge is 0.229 e. The molecule has 0 saturated carbocycles. The summed E-state index contributed by atoms with van der Waals surface area (Å²) in [7, 11) is 0. The average molecular weight is 367 g/mol. The molecule has 1 atom stereocenters. The van der Waals surface area contributed by atoms with Crippen LogP contribution in [-0.4, -0.2) is 31.4 Å². The van der Waals surface area contributed by atoms with Crippen molar-refractivity contribution in [2.45, 2.75) is 19.3 Å². The second-order valence-electron chi connectivity index (χ2n) is 7.11. The van der Waals surface area contributed by atoms with Gasteiger partial charge in [-0.25, -0.2) is 4.39 Å². The van der Waals surface area contributed by atoms with Crippen molar-refractivity contribution in [2.24, 2.45) is 5.92 Å². The molecule has 6 heteroatoms. The van der Waals surface area contributed by atoms with E-state index in [-0.39, 0.29) is 24.1 Å². The van der Waals surface area contributed by atoms with E-state index in [1.165, 1.54) is 42.8 Å². The second kappa shape index (κ2) is 7.39. The molecule has 5 nitrogen and oxygen atoms in total. The molecule has 0 bridgehead atoms. The second-order valence-corrected chi connectivity index (χ2v) is 7.11. The molecule has 1 N–H and O–H groups in total. The largest absolute Gasteiger partial charge is 0.372 e. The van der Waals surface area contributed by atoms with Gasteiger partial charge in [0.25, 0.3) is 0 Å². The highest BCUT2D eigenvalue weighted by Crippen LogP contribution is 2.29. The number of carbonyl (C=O) groups is 2. The van der Waals surface area contributed by atoms with E-state index in [0.29, 0.717) is 12.2 Å². The minimum atomic E-state index is -0.416. The number of nitrogens with zero attached hydrogens (tertiary/aromatic N) is 2. The van der Waals surface area contributed by atoms with Crippen molar-refractivity contribution in [1.82, 2.24) is 0 Å². The number of rotatable bonds is 4. The molecule has 2 aromatic carbocycles. The molecule has 2 aromatic rings. The summed E-state index contributed by atoms with van der Waals surface area (Å²) in [4.78, 5) is 28.9. The lowest BCUT2D eigenvalue weighted by atomic mass is 10.1. The predicted octanol–water partition coefficient (Wildman–Crippen LogP) is 3.42. The zero-order valence-corrected chi connectivity index (χ0v) is 15.0. The van der Waals surface area contributed by atoms with E-state index >= 15 is 0 Å². The van der Waals surface area contributed by atoms with Crippen LogP contribution in [0.5, 0.6) is 0 Å². The molecule has 0 spiro atoms. The first-order chi connectivity index (χ1) is 13.1. The predicted molar refractivity (Wildman–Crippen MR) is 103 cm³/mol. The Morgan fingerprint density at radius 1 is 0.963 bits per heavy atom. The fourth-order valence-electron chi connectivity index (χ4n) is 3.73. The first-order valence-corrected chi connectivity index (χ1v) is 9.32. The van der Waals surface area contributed by atoms with Crippen LogP contribution < -0.4 is 15.1 Å². The topological polar surface area (TPSA) is 52.7 Å². The lowest BCUT2D eigenvalue weighted by Gasteiger charge is -2.20. The molecule has 0 aliphatic carbocycles. The Bertz CT molecular complexity index is 830. The van der Waals surface area contributed by atoms with E-state index in [0.717, 1.165) is 18.8 Å². The van der Waals surface area contributed by atoms with Crippen LogP contribution in [0.15, 0.2) is 48.5 Å². The third kappa shape index (κ3) is 3.79. The van der Waals surface area contributed by atoms with Crippen LogP contribution in [0.3, 0.4) is 0 Å². The normalized spacial score (nSPS) is 19.6. The van der Waals surface area contributed by atoms with Crippen molar-refractivity contribution in [3.8, 4) is 0 Å². The van der Waals surface area contributed by atoms with E-state index in [4.69, 9.17) is 0 Å². The Balaban J connectivity index is 1.40. The van der Waals surface area contributed by atoms with Crippen molar-refractivity contribution in [1.29, 1.82) is 0 Å². The third-order valence-electron chi connectivity index (χ3n) is 5.24. The monoisotopic (exact) mass is 367 g/mol. The van der Waals surface area contributed by atoms with Crippen molar-refractivity contribution in [2.75, 3.05) is 34.8 Å². The summed E-state index contributed by atoms with van der Waals surface area (Å²) < 4.78 is 13.0. The van der Waals surface area contributed by atoms with Crippen molar-refractivity contribution in [3.05, 3.63) is 54.3 Å². The summed E-state index contributed by atoms with van der Waals surface area (Å²) >= 11 is 0. The maximum absolute atomic E-state index is 13.0. The van der Waals surface area contributed by atoms with E-state index in [2.05, 4.69) is 10.2 Å². The summed E-state index contributed by atoms with van der Waals surface area (Å²) in [5.74, 6) is -1.04. The van der Waals surface area contributed by atoms with Crippen molar-refractivity contribution >= 4 is 28.9 Å². The highest BCUT2D eigenvalue weighted by atomic mass is 19.1. The van der Waals surface area contributed by atoms with Crippen LogP contribution in [0.4, 0.5) is 21.5 Å². The number of nitrogens with one attached hydrogen (secondary N) is 1. The molecule has 0 radical (unpaired) electrons. The number of hydrogen-bond acceptors (Lipinski definition) is 3. The summed E-state index contributed by atoms with van der Waals surface area (Å²) in [6, 6.07) is 13.6. The molecule has 2 aliphatic heterocycles. The van der Waals surface area contributed by atoms with E-state index in [1.54, 1.807) is 4.90 Å². The maximum Gasteiger partial charge on any atom is 0.229 e. The lowest BCUT2D eigenvalue weighted by Crippen LogP contribution is -2.28. The van der Waals surface area contributed by atoms with Gasteiger partial charge in [-0.1, -0.05) is 0 Å². The van der Waals surface area contributed by atoms with Crippen molar-refractivity contribution < 1.29 is 14.0 Å². The van der Waals surface area contributed by atoms with Crippen LogP contribution in [0.2, 0.25) is 0 Å². The highest BCUT2D eigenvalue weighted by molar-refractivity contribution is 6.03. The zero-order valence-electron chi connectivity index (χ0n) is 15.0. The van der Waals surface area contributed by atoms with Crippen molar-refractivity contribution in [3.63, 3.8) is 0 Å². The molecule has 2 heterocycles. The Labute approximate surface area is 157 Å². The molecule has 2 fully saturated rings. The van der Waals surface area contributed by atoms with Crippen LogP contribution in [0.25, 0.3) is 0 Å². The molecule has 2 aliphatic rings. The lowest BCUT2D eigenvalue weighted by molar-refractivity contribution is -0.122. The maximum atomic E-state index is 13.0. The number of halogens is 1. The molecule has 1 unspecified atom stereocenters. The highest BCUT2D eigenvalue weighted by Gasteiger charge is 2.35. The SMILES string of the molecule is O=C(Nc1ccc(F)cc1)C1CC(=O)N(c2ccc(N3CCCC3)cc2)C1. The number of hydrogen-bond donors (Lipinski definition) is 1. The minimum absolute atomic E-state index is 0.0526. The average Bonchev–Trinajstić information content (AvgIpc) is 3.34. The fourth-order valence-corrected chi connectivity index (χ4v) is 3.73. The van der Waals surface area contributed by atoms with Crippen LogP contribution in [-0.2, 0) is 9.59 Å². The fraction of sp³-hybridized carbons (Fsp3) is 0.333. The Hall–Kier alpha value is -2.89. The summed E-state index contributed by atoms with van der Waals surface area (Å²) in [5, 5.41) is 2.76. The number of anilines is 3. The van der Waals surface area contributed by atoms with Gasteiger partial charge in [-0.05, 0) is 61.4 Å². The Morgan fingerprint density at radius 2 is 1.59 bits per heavy atom. The van der Waals surface area contributed by atoms with Gasteiger partial charge in [0.15, 0.2) is 0 Å². The van der Waals surface area contributed by atoms with Gasteiger partial charge in [0.05, 0.1) is 5.92 Å². The van der Waals surface area contributed by atoms with Gasteiger partial charge in [0.1, 0.15) is 5.82 Å². The molecule has 4 rings (SSSR count). The Morgan fingerprint density at radius 3 is 2.26 bits per heavy atom. The van der Waals surface area contributed by atoms with E-state index in [9.17, 15) is 14.0 Å². The molecule has 2 amide bonds. The molecular weight excluding hydrogens is 345 g/mol. The zero-order chi connectivity index (χ0) is 18.8. The summed E-state index contributed by atoms with van der Waals surface area (Å²) in [6.45, 7) is 2.51. The van der Waals surface area contributed by atoms with Gasteiger partial charge in [-0.15, -0.1) is 0 Å². The minimum Gasteiger partial charge on any atom is -0.372 e. The van der Waals surface area contributed by atoms with Gasteiger partial charge in [-0.2, -0.15) is 0 Å². The number of benzene rings is 2. The number of amides is 2. The molecule has 2 saturated heterocycles. The number of carbonyl (C=O) groups excluding carboxylic acids is 2. The Kier molecular flexibility index (Phi) is 4.79. The first-order valence-electron chi connectivity index (χ1n) is 9.32. The van der Waals surface area contributed by atoms with Gasteiger partial charge < -0.3 is 15.1 Å². The molecular formula is C21H22FN3O2. The van der Waals surface area contributed by atoms with Gasteiger partial charge >= 0.3 is 0 Å². The third-order valence-corrected chi connectivity index (χ3v) is 5.24. The first kappa shape index (κ1) is 17.5. The van der Waals surface area contributed by atoms with Gasteiger partial charge in [-0.3, -0.25) is 9.59 Å². The summed E-state index contributed by atoms with van der Waals surface area (Å²) in [5.41, 5.74) is 2.52. The van der Waals surface area contributed by atoms with E-state index in [1.807, 2.05) is 24.3 Å². The summed E-state index contributed by atoms with van der Waals surface area (Å²) in [6.07, 6.45) is 2.62. The van der Waals surface area contributed by atoms with Gasteiger partial charge in [0.2, 0.25) is 11.8 Å². The molecule has 0 aromatic heterocycles. The van der Waals surface area contributed by atoms with Crippen LogP contribution >= 0.6 is 0 Å². The van der Waals surface area contributed by atoms with Crippen LogP contribution in [0.1, 0.15) is 19.3 Å².